The lowest BCUT2D eigenvalue weighted by molar-refractivity contribution is 0.283. The van der Waals surface area contributed by atoms with Gasteiger partial charge in [-0.05, 0) is 32.9 Å². The number of aromatic nitrogens is 1. The molecule has 1 atom stereocenters. The van der Waals surface area contributed by atoms with Crippen molar-refractivity contribution in [3.63, 3.8) is 0 Å². The first kappa shape index (κ1) is 17.4. The Morgan fingerprint density at radius 1 is 1.20 bits per heavy atom. The van der Waals surface area contributed by atoms with E-state index in [9.17, 15) is 5.11 Å². The number of nitrogens with zero attached hydrogens (tertiary/aromatic N) is 3. The van der Waals surface area contributed by atoms with Gasteiger partial charge in [0, 0.05) is 19.6 Å². The summed E-state index contributed by atoms with van der Waals surface area (Å²) in [4.78, 5) is 10.4. The number of hydrogen-bond donors (Lipinski definition) is 1. The highest BCUT2D eigenvalue weighted by molar-refractivity contribution is 7.15. The summed E-state index contributed by atoms with van der Waals surface area (Å²) in [7, 11) is 4.19. The van der Waals surface area contributed by atoms with E-state index in [0.717, 1.165) is 48.2 Å². The molecule has 1 aromatic rings. The smallest absolute Gasteiger partial charge is 0.185 e. The van der Waals surface area contributed by atoms with Gasteiger partial charge in [-0.1, -0.05) is 32.1 Å². The van der Waals surface area contributed by atoms with Gasteiger partial charge >= 0.3 is 0 Å². The highest BCUT2D eigenvalue weighted by Crippen LogP contribution is 2.32. The van der Waals surface area contributed by atoms with Crippen LogP contribution in [0, 0.1) is 0 Å². The van der Waals surface area contributed by atoms with Crippen LogP contribution in [0.3, 0.4) is 0 Å². The summed E-state index contributed by atoms with van der Waals surface area (Å²) in [6.07, 6.45) is 2.17. The second-order valence-electron chi connectivity index (χ2n) is 5.56. The molecule has 0 aliphatic heterocycles. The Morgan fingerprint density at radius 2 is 1.90 bits per heavy atom. The fourth-order valence-electron chi connectivity index (χ4n) is 2.07. The quantitative estimate of drug-likeness (QED) is 0.761. The van der Waals surface area contributed by atoms with Gasteiger partial charge in [-0.3, -0.25) is 0 Å². The van der Waals surface area contributed by atoms with E-state index in [1.807, 2.05) is 0 Å². The number of likely N-dealkylation sites (N-methyl/N-ethyl adjacent to an activating group) is 1. The van der Waals surface area contributed by atoms with Gasteiger partial charge in [-0.15, -0.1) is 0 Å². The van der Waals surface area contributed by atoms with E-state index < -0.39 is 0 Å². The van der Waals surface area contributed by atoms with E-state index in [0.29, 0.717) is 5.92 Å². The lowest BCUT2D eigenvalue weighted by Gasteiger charge is -2.23. The molecule has 1 aromatic heterocycles. The van der Waals surface area contributed by atoms with Crippen molar-refractivity contribution in [1.82, 2.24) is 9.88 Å². The van der Waals surface area contributed by atoms with E-state index in [-0.39, 0.29) is 6.61 Å². The predicted molar refractivity (Wildman–Crippen MR) is 87.8 cm³/mol. The zero-order valence-corrected chi connectivity index (χ0v) is 14.3. The molecule has 1 rings (SSSR count). The molecule has 0 amide bonds. The first-order chi connectivity index (χ1) is 9.53. The fraction of sp³-hybridized carbons (Fsp3) is 0.800. The van der Waals surface area contributed by atoms with Gasteiger partial charge in [0.25, 0.3) is 0 Å². The molecule has 116 valence electrons. The molecule has 20 heavy (non-hydrogen) atoms. The largest absolute Gasteiger partial charge is 0.391 e. The molecule has 0 bridgehead atoms. The molecule has 5 heteroatoms. The monoisotopic (exact) mass is 299 g/mol. The summed E-state index contributed by atoms with van der Waals surface area (Å²) in [6.45, 7) is 9.67. The molecule has 0 aromatic carbocycles. The van der Waals surface area contributed by atoms with Crippen molar-refractivity contribution in [2.24, 2.45) is 0 Å². The molecule has 0 saturated carbocycles. The Labute approximate surface area is 127 Å². The van der Waals surface area contributed by atoms with Gasteiger partial charge < -0.3 is 14.9 Å². The average Bonchev–Trinajstić information content (AvgIpc) is 2.86. The Hall–Kier alpha value is -0.650. The van der Waals surface area contributed by atoms with Crippen LogP contribution in [-0.4, -0.2) is 48.7 Å². The van der Waals surface area contributed by atoms with E-state index in [2.05, 4.69) is 44.7 Å². The molecule has 1 unspecified atom stereocenters. The summed E-state index contributed by atoms with van der Waals surface area (Å²) in [5, 5.41) is 10.6. The maximum absolute atomic E-state index is 9.55. The highest BCUT2D eigenvalue weighted by atomic mass is 32.1. The first-order valence-corrected chi connectivity index (χ1v) is 8.35. The molecule has 0 aliphatic carbocycles. The predicted octanol–water partition coefficient (Wildman–Crippen LogP) is 2.93. The van der Waals surface area contributed by atoms with Crippen molar-refractivity contribution < 1.29 is 5.11 Å². The summed E-state index contributed by atoms with van der Waals surface area (Å²) in [6, 6.07) is 0. The first-order valence-electron chi connectivity index (χ1n) is 7.53. The maximum Gasteiger partial charge on any atom is 0.185 e. The van der Waals surface area contributed by atoms with Crippen LogP contribution in [0.5, 0.6) is 0 Å². The van der Waals surface area contributed by atoms with Crippen molar-refractivity contribution in [2.75, 3.05) is 38.6 Å². The van der Waals surface area contributed by atoms with Crippen LogP contribution in [0.15, 0.2) is 0 Å². The molecule has 0 fully saturated rings. The fourth-order valence-corrected chi connectivity index (χ4v) is 3.16. The number of anilines is 1. The number of hydrogen-bond acceptors (Lipinski definition) is 5. The Bertz CT molecular complexity index is 392. The summed E-state index contributed by atoms with van der Waals surface area (Å²) >= 11 is 1.65. The summed E-state index contributed by atoms with van der Waals surface area (Å²) in [5.74, 6) is 0.416. The summed E-state index contributed by atoms with van der Waals surface area (Å²) < 4.78 is 0. The maximum atomic E-state index is 9.55. The van der Waals surface area contributed by atoms with Crippen molar-refractivity contribution in [3.05, 3.63) is 10.6 Å². The molecule has 0 radical (unpaired) electrons. The summed E-state index contributed by atoms with van der Waals surface area (Å²) in [5.41, 5.74) is 1.08. The Kier molecular flexibility index (Phi) is 7.48. The van der Waals surface area contributed by atoms with Crippen LogP contribution < -0.4 is 4.90 Å². The topological polar surface area (TPSA) is 39.6 Å². The van der Waals surface area contributed by atoms with Crippen LogP contribution in [0.2, 0.25) is 0 Å². The molecular formula is C15H29N3OS. The lowest BCUT2D eigenvalue weighted by atomic mass is 10.0. The van der Waals surface area contributed by atoms with Crippen LogP contribution in [0.25, 0.3) is 0 Å². The highest BCUT2D eigenvalue weighted by Gasteiger charge is 2.18. The third kappa shape index (κ3) is 4.72. The van der Waals surface area contributed by atoms with Crippen LogP contribution in [-0.2, 0) is 6.61 Å². The van der Waals surface area contributed by atoms with Gasteiger partial charge in [0.15, 0.2) is 5.13 Å². The third-order valence-corrected chi connectivity index (χ3v) is 4.64. The van der Waals surface area contributed by atoms with Gasteiger partial charge in [0.05, 0.1) is 17.2 Å². The normalized spacial score (nSPS) is 12.9. The van der Waals surface area contributed by atoms with Crippen LogP contribution >= 0.6 is 11.3 Å². The minimum atomic E-state index is 0.102. The van der Waals surface area contributed by atoms with Gasteiger partial charge in [0.2, 0.25) is 0 Å². The van der Waals surface area contributed by atoms with Gasteiger partial charge in [-0.25, -0.2) is 4.98 Å². The zero-order chi connectivity index (χ0) is 15.1. The molecule has 1 heterocycles. The average molecular weight is 299 g/mol. The van der Waals surface area contributed by atoms with Gasteiger partial charge in [0.1, 0.15) is 0 Å². The third-order valence-electron chi connectivity index (χ3n) is 3.52. The molecule has 0 spiro atoms. The SMILES string of the molecule is CCCN(CCN(C)C)c1nc(C(C)CC)c(CO)s1. The van der Waals surface area contributed by atoms with Gasteiger partial charge in [-0.2, -0.15) is 0 Å². The number of aliphatic hydroxyl groups excluding tert-OH is 1. The Balaban J connectivity index is 2.92. The van der Waals surface area contributed by atoms with Crippen LogP contribution in [0.1, 0.15) is 50.1 Å². The second-order valence-corrected chi connectivity index (χ2v) is 6.62. The molecule has 1 N–H and O–H groups in total. The van der Waals surface area contributed by atoms with Crippen molar-refractivity contribution in [1.29, 1.82) is 0 Å². The molecule has 0 aliphatic rings. The zero-order valence-electron chi connectivity index (χ0n) is 13.5. The molecule has 0 saturated heterocycles. The minimum Gasteiger partial charge on any atom is -0.391 e. The van der Waals surface area contributed by atoms with Crippen LogP contribution in [0.4, 0.5) is 5.13 Å². The van der Waals surface area contributed by atoms with E-state index in [1.54, 1.807) is 11.3 Å². The number of rotatable bonds is 9. The lowest BCUT2D eigenvalue weighted by Crippen LogP contribution is -2.32. The minimum absolute atomic E-state index is 0.102. The second kappa shape index (κ2) is 8.60. The van der Waals surface area contributed by atoms with Crippen molar-refractivity contribution >= 4 is 16.5 Å². The number of thiazole rings is 1. The molecule has 4 nitrogen and oxygen atoms in total. The van der Waals surface area contributed by atoms with E-state index >= 15 is 0 Å². The number of aliphatic hydroxyl groups is 1. The standard InChI is InChI=1S/C15H29N3OS/c1-6-8-18(10-9-17(4)5)15-16-14(12(3)7-2)13(11-19)20-15/h12,19H,6-11H2,1-5H3. The van der Waals surface area contributed by atoms with Crippen molar-refractivity contribution in [2.45, 2.75) is 46.1 Å². The molecular weight excluding hydrogens is 270 g/mol. The Morgan fingerprint density at radius 3 is 2.40 bits per heavy atom. The van der Waals surface area contributed by atoms with E-state index in [1.165, 1.54) is 0 Å². The van der Waals surface area contributed by atoms with Crippen molar-refractivity contribution in [3.8, 4) is 0 Å². The van der Waals surface area contributed by atoms with E-state index in [4.69, 9.17) is 4.98 Å².